The van der Waals surface area contributed by atoms with Gasteiger partial charge in [-0.3, -0.25) is 10.2 Å². The highest BCUT2D eigenvalue weighted by molar-refractivity contribution is 6.45. The molecule has 0 saturated carbocycles. The lowest BCUT2D eigenvalue weighted by Gasteiger charge is -2.33. The van der Waals surface area contributed by atoms with Gasteiger partial charge in [-0.2, -0.15) is 0 Å². The van der Waals surface area contributed by atoms with Gasteiger partial charge < -0.3 is 25.3 Å². The number of nitrogens with zero attached hydrogens (tertiary/aromatic N) is 4. The molecule has 0 atom stereocenters. The summed E-state index contributed by atoms with van der Waals surface area (Å²) < 4.78 is 0. The summed E-state index contributed by atoms with van der Waals surface area (Å²) in [5.74, 6) is 1.25. The van der Waals surface area contributed by atoms with E-state index >= 15 is 0 Å². The average Bonchev–Trinajstić information content (AvgIpc) is 3.16. The van der Waals surface area contributed by atoms with Gasteiger partial charge in [0.1, 0.15) is 17.3 Å². The highest BCUT2D eigenvalue weighted by Gasteiger charge is 2.24. The van der Waals surface area contributed by atoms with Crippen molar-refractivity contribution in [2.45, 2.75) is 76.7 Å². The molecule has 8 heteroatoms. The predicted octanol–water partition coefficient (Wildman–Crippen LogP) is 3.72. The molecule has 4 rings (SSSR count). The minimum atomic E-state index is -0.296. The first-order valence-corrected chi connectivity index (χ1v) is 14.4. The summed E-state index contributed by atoms with van der Waals surface area (Å²) in [6.45, 7) is 8.84. The van der Waals surface area contributed by atoms with Gasteiger partial charge in [0, 0.05) is 57.9 Å². The van der Waals surface area contributed by atoms with Crippen molar-refractivity contribution in [2.75, 3.05) is 69.6 Å². The molecule has 0 spiro atoms. The molecule has 1 amide bonds. The first kappa shape index (κ1) is 26.9. The Hall–Kier alpha value is -2.19. The molecule has 0 bridgehead atoms. The average molecular weight is 498 g/mol. The molecule has 0 aromatic carbocycles. The Morgan fingerprint density at radius 2 is 1.42 bits per heavy atom. The van der Waals surface area contributed by atoms with Crippen LogP contribution in [0.4, 0.5) is 11.6 Å². The molecule has 3 fully saturated rings. The van der Waals surface area contributed by atoms with Crippen molar-refractivity contribution >= 4 is 23.3 Å². The number of hydrogen-bond donors (Lipinski definition) is 3. The zero-order chi connectivity index (χ0) is 25.2. The van der Waals surface area contributed by atoms with E-state index in [2.05, 4.69) is 25.3 Å². The van der Waals surface area contributed by atoms with Crippen LogP contribution >= 0.6 is 0 Å². The van der Waals surface area contributed by atoms with Crippen LogP contribution in [0.5, 0.6) is 0 Å². The molecule has 200 valence electrons. The predicted molar refractivity (Wildman–Crippen MR) is 148 cm³/mol. The largest absolute Gasteiger partial charge is 0.373 e. The molecule has 1 aromatic rings. The molecule has 8 nitrogen and oxygen atoms in total. The van der Waals surface area contributed by atoms with Gasteiger partial charge in [-0.25, -0.2) is 4.98 Å². The molecule has 0 aliphatic carbocycles. The molecule has 0 radical (unpaired) electrons. The van der Waals surface area contributed by atoms with E-state index in [-0.39, 0.29) is 17.7 Å². The number of pyridine rings is 1. The third-order valence-corrected chi connectivity index (χ3v) is 8.15. The highest BCUT2D eigenvalue weighted by atomic mass is 16.1. The third kappa shape index (κ3) is 7.65. The third-order valence-electron chi connectivity index (χ3n) is 8.15. The molecule has 0 unspecified atom stereocenters. The van der Waals surface area contributed by atoms with Gasteiger partial charge in [0.15, 0.2) is 0 Å². The van der Waals surface area contributed by atoms with Gasteiger partial charge in [-0.15, -0.1) is 0 Å². The number of hydrogen-bond acceptors (Lipinski definition) is 7. The van der Waals surface area contributed by atoms with Crippen molar-refractivity contribution in [3.05, 3.63) is 17.7 Å². The number of carbonyl (C=O) groups excluding carboxylic acids is 1. The van der Waals surface area contributed by atoms with Crippen LogP contribution in [0.25, 0.3) is 0 Å². The molecule has 3 aliphatic rings. The Morgan fingerprint density at radius 1 is 0.861 bits per heavy atom. The van der Waals surface area contributed by atoms with Gasteiger partial charge in [0.2, 0.25) is 0 Å². The van der Waals surface area contributed by atoms with E-state index in [1.165, 1.54) is 70.9 Å². The van der Waals surface area contributed by atoms with E-state index in [1.54, 1.807) is 0 Å². The number of piperidine rings is 1. The Balaban J connectivity index is 1.25. The van der Waals surface area contributed by atoms with E-state index in [1.807, 2.05) is 19.2 Å². The number of nitrogens with one attached hydrogen (secondary N) is 3. The Labute approximate surface area is 217 Å². The fourth-order valence-corrected chi connectivity index (χ4v) is 5.82. The summed E-state index contributed by atoms with van der Waals surface area (Å²) in [6.07, 6.45) is 13.6. The van der Waals surface area contributed by atoms with E-state index in [9.17, 15) is 4.79 Å². The normalized spacial score (nSPS) is 21.3. The second-order valence-electron chi connectivity index (χ2n) is 10.8. The zero-order valence-corrected chi connectivity index (χ0v) is 22.4. The number of likely N-dealkylation sites (tertiary alicyclic amines) is 2. The van der Waals surface area contributed by atoms with Crippen LogP contribution in [0, 0.1) is 5.41 Å². The van der Waals surface area contributed by atoms with Crippen LogP contribution in [0.15, 0.2) is 12.1 Å². The zero-order valence-electron chi connectivity index (χ0n) is 22.4. The molecule has 3 saturated heterocycles. The topological polar surface area (TPSA) is 87.6 Å². The van der Waals surface area contributed by atoms with E-state index in [0.29, 0.717) is 11.4 Å². The fourth-order valence-electron chi connectivity index (χ4n) is 5.82. The SMILES string of the molecule is CNc1nc(N2CCCCCCC2)ccc1C(=N)C(=O)NC1CCN(CCN2CCCCCC2)CC1. The maximum Gasteiger partial charge on any atom is 0.270 e. The first-order chi connectivity index (χ1) is 17.6. The molecule has 1 aromatic heterocycles. The highest BCUT2D eigenvalue weighted by Crippen LogP contribution is 2.22. The van der Waals surface area contributed by atoms with Crippen molar-refractivity contribution in [2.24, 2.45) is 0 Å². The van der Waals surface area contributed by atoms with Crippen LogP contribution in [0.1, 0.15) is 76.2 Å². The first-order valence-electron chi connectivity index (χ1n) is 14.4. The minimum Gasteiger partial charge on any atom is -0.373 e. The van der Waals surface area contributed by atoms with E-state index in [4.69, 9.17) is 10.4 Å². The van der Waals surface area contributed by atoms with Crippen molar-refractivity contribution in [1.82, 2.24) is 20.1 Å². The number of amides is 1. The Morgan fingerprint density at radius 3 is 2.03 bits per heavy atom. The van der Waals surface area contributed by atoms with Crippen LogP contribution in [0.3, 0.4) is 0 Å². The van der Waals surface area contributed by atoms with Crippen LogP contribution in [-0.2, 0) is 4.79 Å². The lowest BCUT2D eigenvalue weighted by molar-refractivity contribution is -0.115. The maximum atomic E-state index is 13.0. The van der Waals surface area contributed by atoms with Gasteiger partial charge in [0.05, 0.1) is 0 Å². The maximum absolute atomic E-state index is 13.0. The summed E-state index contributed by atoms with van der Waals surface area (Å²) in [5, 5.41) is 14.8. The second kappa shape index (κ2) is 13.9. The van der Waals surface area contributed by atoms with Crippen molar-refractivity contribution in [3.63, 3.8) is 0 Å². The van der Waals surface area contributed by atoms with Crippen molar-refractivity contribution in [1.29, 1.82) is 5.41 Å². The number of carbonyl (C=O) groups is 1. The van der Waals surface area contributed by atoms with Gasteiger partial charge in [-0.05, 0) is 63.7 Å². The lowest BCUT2D eigenvalue weighted by atomic mass is 10.0. The van der Waals surface area contributed by atoms with Crippen LogP contribution in [-0.4, -0.2) is 91.9 Å². The fraction of sp³-hybridized carbons (Fsp3) is 0.750. The van der Waals surface area contributed by atoms with Crippen LogP contribution < -0.4 is 15.5 Å². The number of rotatable bonds is 8. The second-order valence-corrected chi connectivity index (χ2v) is 10.8. The lowest BCUT2D eigenvalue weighted by Crippen LogP contribution is -2.48. The number of aromatic nitrogens is 1. The van der Waals surface area contributed by atoms with Crippen molar-refractivity contribution < 1.29 is 4.79 Å². The minimum absolute atomic E-state index is 0.00494. The molecule has 3 aliphatic heterocycles. The van der Waals surface area contributed by atoms with Gasteiger partial charge >= 0.3 is 0 Å². The number of anilines is 2. The summed E-state index contributed by atoms with van der Waals surface area (Å²) in [5.41, 5.74) is 0.565. The Kier molecular flexibility index (Phi) is 10.4. The molecular formula is C28H47N7O. The summed E-state index contributed by atoms with van der Waals surface area (Å²) in [6, 6.07) is 4.00. The summed E-state index contributed by atoms with van der Waals surface area (Å²) in [4.78, 5) is 25.3. The Bertz CT molecular complexity index is 836. The summed E-state index contributed by atoms with van der Waals surface area (Å²) in [7, 11) is 1.82. The standard InChI is InChI=1S/C28H47N7O/c1-30-27-24(11-12-25(32-27)35-17-9-3-2-4-10-18-35)26(29)28(36)31-23-13-19-34(20-14-23)22-21-33-15-7-5-6-8-16-33/h11-12,23,29H,2-10,13-22H2,1H3,(H,30,32)(H,31,36). The van der Waals surface area contributed by atoms with Crippen molar-refractivity contribution in [3.8, 4) is 0 Å². The van der Waals surface area contributed by atoms with Gasteiger partial charge in [-0.1, -0.05) is 32.1 Å². The quantitative estimate of drug-likeness (QED) is 0.475. The molecule has 36 heavy (non-hydrogen) atoms. The molecule has 3 N–H and O–H groups in total. The monoisotopic (exact) mass is 497 g/mol. The smallest absolute Gasteiger partial charge is 0.270 e. The van der Waals surface area contributed by atoms with E-state index in [0.717, 1.165) is 57.9 Å². The van der Waals surface area contributed by atoms with Gasteiger partial charge in [0.25, 0.3) is 5.91 Å². The summed E-state index contributed by atoms with van der Waals surface area (Å²) >= 11 is 0. The van der Waals surface area contributed by atoms with Crippen LogP contribution in [0.2, 0.25) is 0 Å². The molecule has 4 heterocycles. The van der Waals surface area contributed by atoms with E-state index < -0.39 is 0 Å². The molecular weight excluding hydrogens is 450 g/mol.